The van der Waals surface area contributed by atoms with E-state index in [1.165, 1.54) is 0 Å². The van der Waals surface area contributed by atoms with Crippen LogP contribution in [0.4, 0.5) is 0 Å². The third kappa shape index (κ3) is 1.43. The van der Waals surface area contributed by atoms with Crippen molar-refractivity contribution in [3.8, 4) is 0 Å². The molecule has 0 aromatic heterocycles. The molecule has 0 aliphatic heterocycles. The minimum Gasteiger partial charge on any atom is -0.423 e. The quantitative estimate of drug-likeness (QED) is 0.545. The van der Waals surface area contributed by atoms with E-state index >= 15 is 0 Å². The van der Waals surface area contributed by atoms with Crippen LogP contribution < -0.4 is 10.9 Å². The van der Waals surface area contributed by atoms with Gasteiger partial charge < -0.3 is 10.0 Å². The molecular formula is C10H10B2O2. The zero-order valence-electron chi connectivity index (χ0n) is 7.94. The molecule has 2 aromatic rings. The lowest BCUT2D eigenvalue weighted by molar-refractivity contribution is 0.426. The Kier molecular flexibility index (Phi) is 2.32. The Morgan fingerprint density at radius 3 is 2.29 bits per heavy atom. The van der Waals surface area contributed by atoms with E-state index in [0.29, 0.717) is 5.46 Å². The molecule has 0 fully saturated rings. The van der Waals surface area contributed by atoms with Crippen LogP contribution in [-0.2, 0) is 0 Å². The number of benzene rings is 2. The van der Waals surface area contributed by atoms with Crippen LogP contribution in [0.5, 0.6) is 0 Å². The van der Waals surface area contributed by atoms with E-state index in [0.717, 1.165) is 16.2 Å². The minimum absolute atomic E-state index is 0.561. The molecule has 0 radical (unpaired) electrons. The van der Waals surface area contributed by atoms with Gasteiger partial charge in [-0.25, -0.2) is 0 Å². The van der Waals surface area contributed by atoms with Gasteiger partial charge in [-0.1, -0.05) is 41.9 Å². The molecule has 14 heavy (non-hydrogen) atoms. The second-order valence-electron chi connectivity index (χ2n) is 3.39. The zero-order valence-corrected chi connectivity index (χ0v) is 7.94. The highest BCUT2D eigenvalue weighted by molar-refractivity contribution is 6.62. The van der Waals surface area contributed by atoms with Crippen molar-refractivity contribution in [2.24, 2.45) is 0 Å². The van der Waals surface area contributed by atoms with Crippen LogP contribution in [-0.4, -0.2) is 25.0 Å². The first-order valence-corrected chi connectivity index (χ1v) is 4.54. The lowest BCUT2D eigenvalue weighted by atomic mass is 9.75. The summed E-state index contributed by atoms with van der Waals surface area (Å²) in [6.45, 7) is 0. The van der Waals surface area contributed by atoms with Gasteiger partial charge in [-0.3, -0.25) is 0 Å². The summed E-state index contributed by atoms with van der Waals surface area (Å²) in [5.41, 5.74) is 1.70. The molecule has 4 heteroatoms. The highest BCUT2D eigenvalue weighted by Crippen LogP contribution is 2.08. The third-order valence-electron chi connectivity index (χ3n) is 2.45. The van der Waals surface area contributed by atoms with Crippen molar-refractivity contribution < 1.29 is 10.0 Å². The van der Waals surface area contributed by atoms with Crippen LogP contribution in [0.1, 0.15) is 0 Å². The highest BCUT2D eigenvalue weighted by Gasteiger charge is 2.13. The Hall–Kier alpha value is -1.25. The molecule has 0 unspecified atom stereocenters. The molecule has 2 rings (SSSR count). The van der Waals surface area contributed by atoms with Crippen molar-refractivity contribution in [1.82, 2.24) is 0 Å². The van der Waals surface area contributed by atoms with E-state index in [1.807, 2.05) is 38.2 Å². The second kappa shape index (κ2) is 3.48. The van der Waals surface area contributed by atoms with Crippen LogP contribution in [0.2, 0.25) is 0 Å². The van der Waals surface area contributed by atoms with Gasteiger partial charge in [-0.2, -0.15) is 0 Å². The van der Waals surface area contributed by atoms with E-state index in [9.17, 15) is 0 Å². The first-order valence-electron chi connectivity index (χ1n) is 4.54. The molecule has 0 aliphatic carbocycles. The molecule has 68 valence electrons. The Morgan fingerprint density at radius 1 is 0.929 bits per heavy atom. The maximum atomic E-state index is 9.17. The van der Waals surface area contributed by atoms with Crippen LogP contribution in [0.3, 0.4) is 0 Å². The smallest absolute Gasteiger partial charge is 0.423 e. The summed E-state index contributed by atoms with van der Waals surface area (Å²) in [4.78, 5) is 0. The number of fused-ring (bicyclic) bond motifs is 1. The van der Waals surface area contributed by atoms with Crippen LogP contribution in [0.25, 0.3) is 10.8 Å². The molecule has 0 saturated heterocycles. The van der Waals surface area contributed by atoms with Crippen molar-refractivity contribution >= 4 is 36.7 Å². The fraction of sp³-hybridized carbons (Fsp3) is 0. The van der Waals surface area contributed by atoms with Crippen LogP contribution in [0, 0.1) is 0 Å². The van der Waals surface area contributed by atoms with Gasteiger partial charge in [0.15, 0.2) is 0 Å². The Bertz CT molecular complexity index is 469. The molecule has 0 aliphatic rings. The standard InChI is InChI=1S/C10H10B2O2/c11-9-5-1-4-8-7(9)3-2-6-10(8)12(13)14/h1-6,13-14H,11H2. The van der Waals surface area contributed by atoms with Crippen molar-refractivity contribution in [3.05, 3.63) is 36.4 Å². The summed E-state index contributed by atoms with van der Waals surface area (Å²) >= 11 is 0. The largest absolute Gasteiger partial charge is 0.489 e. The average Bonchev–Trinajstić information content (AvgIpc) is 2.17. The van der Waals surface area contributed by atoms with Gasteiger partial charge in [0, 0.05) is 0 Å². The van der Waals surface area contributed by atoms with Crippen molar-refractivity contribution in [1.29, 1.82) is 0 Å². The monoisotopic (exact) mass is 184 g/mol. The zero-order chi connectivity index (χ0) is 10.1. The van der Waals surface area contributed by atoms with E-state index in [2.05, 4.69) is 0 Å². The Labute approximate surface area is 83.7 Å². The Balaban J connectivity index is 2.81. The summed E-state index contributed by atoms with van der Waals surface area (Å²) in [5.74, 6) is 0. The summed E-state index contributed by atoms with van der Waals surface area (Å²) < 4.78 is 0. The lowest BCUT2D eigenvalue weighted by Crippen LogP contribution is -2.31. The first kappa shape index (κ1) is 9.31. The maximum absolute atomic E-state index is 9.17. The molecule has 0 spiro atoms. The van der Waals surface area contributed by atoms with Crippen molar-refractivity contribution in [3.63, 3.8) is 0 Å². The van der Waals surface area contributed by atoms with Gasteiger partial charge in [-0.15, -0.1) is 0 Å². The first-order chi connectivity index (χ1) is 6.70. The highest BCUT2D eigenvalue weighted by atomic mass is 16.4. The molecule has 0 saturated carbocycles. The average molecular weight is 184 g/mol. The normalized spacial score (nSPS) is 10.4. The molecule has 2 N–H and O–H groups in total. The SMILES string of the molecule is Bc1cccc2c(B(O)O)cccc12. The second-order valence-corrected chi connectivity index (χ2v) is 3.39. The lowest BCUT2D eigenvalue weighted by Gasteiger charge is -2.07. The predicted molar refractivity (Wildman–Crippen MR) is 62.0 cm³/mol. The van der Waals surface area contributed by atoms with Crippen molar-refractivity contribution in [2.75, 3.05) is 0 Å². The summed E-state index contributed by atoms with van der Waals surface area (Å²) in [6, 6.07) is 11.4. The van der Waals surface area contributed by atoms with Gasteiger partial charge in [0.05, 0.1) is 0 Å². The van der Waals surface area contributed by atoms with Gasteiger partial charge in [0.2, 0.25) is 0 Å². The molecule has 2 aromatic carbocycles. The molecule has 0 bridgehead atoms. The Morgan fingerprint density at radius 2 is 1.57 bits per heavy atom. The van der Waals surface area contributed by atoms with E-state index in [4.69, 9.17) is 10.0 Å². The van der Waals surface area contributed by atoms with E-state index < -0.39 is 7.12 Å². The molecule has 2 nitrogen and oxygen atoms in total. The van der Waals surface area contributed by atoms with Gasteiger partial charge >= 0.3 is 7.12 Å². The number of rotatable bonds is 1. The minimum atomic E-state index is -1.40. The topological polar surface area (TPSA) is 40.5 Å². The fourth-order valence-electron chi connectivity index (χ4n) is 1.72. The van der Waals surface area contributed by atoms with Crippen molar-refractivity contribution in [2.45, 2.75) is 0 Å². The molecule has 0 amide bonds. The number of hydrogen-bond donors (Lipinski definition) is 2. The summed E-state index contributed by atoms with van der Waals surface area (Å²) in [6.07, 6.45) is 0. The van der Waals surface area contributed by atoms with Gasteiger partial charge in [-0.05, 0) is 16.2 Å². The predicted octanol–water partition coefficient (Wildman–Crippen LogP) is -1.22. The number of hydrogen-bond acceptors (Lipinski definition) is 2. The van der Waals surface area contributed by atoms with Gasteiger partial charge in [0.1, 0.15) is 7.85 Å². The molecule has 0 atom stereocenters. The maximum Gasteiger partial charge on any atom is 0.489 e. The summed E-state index contributed by atoms with van der Waals surface area (Å²) in [7, 11) is 0.607. The fourth-order valence-corrected chi connectivity index (χ4v) is 1.72. The van der Waals surface area contributed by atoms with Crippen LogP contribution >= 0.6 is 0 Å². The van der Waals surface area contributed by atoms with Gasteiger partial charge in [0.25, 0.3) is 0 Å². The summed E-state index contributed by atoms with van der Waals surface area (Å²) in [5, 5.41) is 20.3. The molecular weight excluding hydrogens is 174 g/mol. The van der Waals surface area contributed by atoms with E-state index in [-0.39, 0.29) is 0 Å². The van der Waals surface area contributed by atoms with Crippen LogP contribution in [0.15, 0.2) is 36.4 Å². The van der Waals surface area contributed by atoms with E-state index in [1.54, 1.807) is 6.07 Å². The third-order valence-corrected chi connectivity index (χ3v) is 2.45. The molecule has 0 heterocycles.